The first-order valence-corrected chi connectivity index (χ1v) is 8.17. The molecule has 2 aliphatic rings. The van der Waals surface area contributed by atoms with Gasteiger partial charge in [-0.1, -0.05) is 18.2 Å². The van der Waals surface area contributed by atoms with Crippen LogP contribution in [0.15, 0.2) is 36.9 Å². The zero-order valence-corrected chi connectivity index (χ0v) is 13.0. The molecular weight excluding hydrogens is 292 g/mol. The molecular formula is C17H20N4O2. The molecule has 0 aliphatic carbocycles. The Morgan fingerprint density at radius 3 is 3.04 bits per heavy atom. The van der Waals surface area contributed by atoms with Gasteiger partial charge in [0.1, 0.15) is 18.4 Å². The monoisotopic (exact) mass is 312 g/mol. The van der Waals surface area contributed by atoms with Crippen molar-refractivity contribution in [3.8, 4) is 5.75 Å². The van der Waals surface area contributed by atoms with E-state index in [0.717, 1.165) is 37.1 Å². The molecule has 0 bridgehead atoms. The molecule has 3 heterocycles. The fourth-order valence-corrected chi connectivity index (χ4v) is 3.60. The minimum Gasteiger partial charge on any atom is -0.493 e. The lowest BCUT2D eigenvalue weighted by atomic mass is 9.91. The maximum atomic E-state index is 13.1. The fraction of sp³-hybridized carbons (Fsp3) is 0.471. The Balaban J connectivity index is 1.53. The highest BCUT2D eigenvalue weighted by atomic mass is 16.5. The Hall–Kier alpha value is -2.37. The number of para-hydroxylation sites is 1. The van der Waals surface area contributed by atoms with E-state index in [1.807, 2.05) is 33.8 Å². The van der Waals surface area contributed by atoms with E-state index in [1.54, 1.807) is 12.7 Å². The third-order valence-corrected chi connectivity index (χ3v) is 4.78. The number of hydrogen-bond donors (Lipinski definition) is 0. The van der Waals surface area contributed by atoms with Crippen molar-refractivity contribution >= 4 is 5.91 Å². The van der Waals surface area contributed by atoms with Gasteiger partial charge in [0.25, 0.3) is 0 Å². The van der Waals surface area contributed by atoms with Crippen LogP contribution in [0.4, 0.5) is 0 Å². The highest BCUT2D eigenvalue weighted by molar-refractivity contribution is 5.85. The Morgan fingerprint density at radius 1 is 1.26 bits per heavy atom. The lowest BCUT2D eigenvalue weighted by molar-refractivity contribution is -0.135. The summed E-state index contributed by atoms with van der Waals surface area (Å²) in [6.07, 6.45) is 6.08. The normalized spacial score (nSPS) is 23.9. The smallest absolute Gasteiger partial charge is 0.230 e. The van der Waals surface area contributed by atoms with Gasteiger partial charge in [-0.3, -0.25) is 4.79 Å². The van der Waals surface area contributed by atoms with Crippen LogP contribution in [0.3, 0.4) is 0 Å². The lowest BCUT2D eigenvalue weighted by Crippen LogP contribution is -2.43. The highest BCUT2D eigenvalue weighted by Gasteiger charge is 2.33. The molecule has 1 aromatic heterocycles. The largest absolute Gasteiger partial charge is 0.493 e. The van der Waals surface area contributed by atoms with Crippen molar-refractivity contribution in [2.24, 2.45) is 0 Å². The van der Waals surface area contributed by atoms with E-state index < -0.39 is 0 Å². The van der Waals surface area contributed by atoms with Crippen molar-refractivity contribution < 1.29 is 9.53 Å². The first-order chi connectivity index (χ1) is 11.3. The van der Waals surface area contributed by atoms with E-state index in [1.165, 1.54) is 0 Å². The van der Waals surface area contributed by atoms with Gasteiger partial charge in [0.2, 0.25) is 5.91 Å². The van der Waals surface area contributed by atoms with Crippen molar-refractivity contribution in [2.75, 3.05) is 19.7 Å². The molecule has 2 unspecified atom stereocenters. The van der Waals surface area contributed by atoms with E-state index in [2.05, 4.69) is 10.1 Å². The standard InChI is InChI=1S/C17H20N4O2/c22-17(15-7-9-23-16-6-2-1-5-14(15)16)20-8-3-4-13(10-20)21-12-18-11-19-21/h1-2,5-6,11-13,15H,3-4,7-10H2. The number of ether oxygens (including phenoxy) is 1. The molecule has 0 spiro atoms. The van der Waals surface area contributed by atoms with Gasteiger partial charge in [-0.15, -0.1) is 0 Å². The number of rotatable bonds is 2. The molecule has 1 saturated heterocycles. The number of carbonyl (C=O) groups excluding carboxylic acids is 1. The molecule has 2 aromatic rings. The van der Waals surface area contributed by atoms with E-state index >= 15 is 0 Å². The number of benzene rings is 1. The number of amides is 1. The van der Waals surface area contributed by atoms with Crippen molar-refractivity contribution in [3.05, 3.63) is 42.5 Å². The summed E-state index contributed by atoms with van der Waals surface area (Å²) >= 11 is 0. The summed E-state index contributed by atoms with van der Waals surface area (Å²) < 4.78 is 7.55. The number of nitrogens with zero attached hydrogens (tertiary/aromatic N) is 4. The van der Waals surface area contributed by atoms with Crippen molar-refractivity contribution in [1.29, 1.82) is 0 Å². The Bertz CT molecular complexity index is 686. The maximum Gasteiger partial charge on any atom is 0.230 e. The first kappa shape index (κ1) is 14.2. The number of fused-ring (bicyclic) bond motifs is 1. The van der Waals surface area contributed by atoms with Gasteiger partial charge in [-0.05, 0) is 25.3 Å². The molecule has 1 amide bonds. The third-order valence-electron chi connectivity index (χ3n) is 4.78. The van der Waals surface area contributed by atoms with Crippen LogP contribution < -0.4 is 4.74 Å². The summed E-state index contributed by atoms with van der Waals surface area (Å²) in [5.74, 6) is 0.974. The van der Waals surface area contributed by atoms with Crippen LogP contribution in [0.2, 0.25) is 0 Å². The van der Waals surface area contributed by atoms with Crippen LogP contribution in [-0.4, -0.2) is 45.3 Å². The van der Waals surface area contributed by atoms with Crippen LogP contribution in [0.25, 0.3) is 0 Å². The highest BCUT2D eigenvalue weighted by Crippen LogP contribution is 2.35. The minimum atomic E-state index is -0.0885. The van der Waals surface area contributed by atoms with E-state index in [4.69, 9.17) is 4.74 Å². The molecule has 120 valence electrons. The van der Waals surface area contributed by atoms with Crippen molar-refractivity contribution in [1.82, 2.24) is 19.7 Å². The number of hydrogen-bond acceptors (Lipinski definition) is 4. The molecule has 0 radical (unpaired) electrons. The van der Waals surface area contributed by atoms with Crippen molar-refractivity contribution in [3.63, 3.8) is 0 Å². The average molecular weight is 312 g/mol. The molecule has 1 fully saturated rings. The van der Waals surface area contributed by atoms with Crippen molar-refractivity contribution in [2.45, 2.75) is 31.2 Å². The van der Waals surface area contributed by atoms with Gasteiger partial charge in [-0.2, -0.15) is 5.10 Å². The average Bonchev–Trinajstić information content (AvgIpc) is 3.15. The zero-order valence-electron chi connectivity index (χ0n) is 13.0. The fourth-order valence-electron chi connectivity index (χ4n) is 3.60. The third kappa shape index (κ3) is 2.69. The number of likely N-dealkylation sites (tertiary alicyclic amines) is 1. The number of aromatic nitrogens is 3. The predicted molar refractivity (Wildman–Crippen MR) is 84.2 cm³/mol. The second-order valence-corrected chi connectivity index (χ2v) is 6.18. The second-order valence-electron chi connectivity index (χ2n) is 6.18. The summed E-state index contributed by atoms with van der Waals surface area (Å²) in [6.45, 7) is 2.14. The van der Waals surface area contributed by atoms with Gasteiger partial charge in [0.05, 0.1) is 18.6 Å². The SMILES string of the molecule is O=C(C1CCOc2ccccc21)N1CCCC(n2cncn2)C1. The molecule has 23 heavy (non-hydrogen) atoms. The minimum absolute atomic E-state index is 0.0885. The van der Waals surface area contributed by atoms with E-state index in [9.17, 15) is 4.79 Å². The molecule has 6 heteroatoms. The molecule has 6 nitrogen and oxygen atoms in total. The van der Waals surface area contributed by atoms with E-state index in [-0.39, 0.29) is 17.9 Å². The molecule has 0 N–H and O–H groups in total. The van der Waals surface area contributed by atoms with Crippen LogP contribution in [0.5, 0.6) is 5.75 Å². The molecule has 2 atom stereocenters. The molecule has 0 saturated carbocycles. The van der Waals surface area contributed by atoms with Gasteiger partial charge < -0.3 is 9.64 Å². The Kier molecular flexibility index (Phi) is 3.73. The summed E-state index contributed by atoms with van der Waals surface area (Å²) in [4.78, 5) is 19.1. The van der Waals surface area contributed by atoms with Gasteiger partial charge in [0.15, 0.2) is 0 Å². The maximum absolute atomic E-state index is 13.1. The number of piperidine rings is 1. The summed E-state index contributed by atoms with van der Waals surface area (Å²) in [5.41, 5.74) is 1.02. The zero-order chi connectivity index (χ0) is 15.6. The topological polar surface area (TPSA) is 60.2 Å². The summed E-state index contributed by atoms with van der Waals surface area (Å²) in [5, 5.41) is 4.23. The Morgan fingerprint density at radius 2 is 2.17 bits per heavy atom. The first-order valence-electron chi connectivity index (χ1n) is 8.17. The Labute approximate surface area is 135 Å². The summed E-state index contributed by atoms with van der Waals surface area (Å²) in [6, 6.07) is 8.11. The summed E-state index contributed by atoms with van der Waals surface area (Å²) in [7, 11) is 0. The molecule has 1 aromatic carbocycles. The van der Waals surface area contributed by atoms with Crippen LogP contribution in [0.1, 0.15) is 36.8 Å². The molecule has 2 aliphatic heterocycles. The predicted octanol–water partition coefficient (Wildman–Crippen LogP) is 2.01. The quantitative estimate of drug-likeness (QED) is 0.851. The molecule has 4 rings (SSSR count). The van der Waals surface area contributed by atoms with Gasteiger partial charge in [-0.25, -0.2) is 9.67 Å². The van der Waals surface area contributed by atoms with Gasteiger partial charge in [0, 0.05) is 18.7 Å². The number of carbonyl (C=O) groups is 1. The van der Waals surface area contributed by atoms with Gasteiger partial charge >= 0.3 is 0 Å². The van der Waals surface area contributed by atoms with Crippen LogP contribution >= 0.6 is 0 Å². The second kappa shape index (κ2) is 6.02. The van der Waals surface area contributed by atoms with Crippen LogP contribution in [0, 0.1) is 0 Å². The van der Waals surface area contributed by atoms with E-state index in [0.29, 0.717) is 13.2 Å². The van der Waals surface area contributed by atoms with Crippen LogP contribution in [-0.2, 0) is 4.79 Å². The lowest BCUT2D eigenvalue weighted by Gasteiger charge is -2.36.